The van der Waals surface area contributed by atoms with E-state index in [1.165, 1.54) is 25.4 Å². The fourth-order valence-electron chi connectivity index (χ4n) is 1.90. The first-order valence-electron chi connectivity index (χ1n) is 7.22. The molecule has 0 fully saturated rings. The number of nitrogens with one attached hydrogen (secondary N) is 2. The number of carbonyl (C=O) groups excluding carboxylic acids is 2. The number of halogens is 1. The van der Waals surface area contributed by atoms with Gasteiger partial charge < -0.3 is 15.4 Å². The molecule has 2 N–H and O–H groups in total. The van der Waals surface area contributed by atoms with Crippen molar-refractivity contribution in [3.63, 3.8) is 0 Å². The fourth-order valence-corrected chi connectivity index (χ4v) is 1.90. The summed E-state index contributed by atoms with van der Waals surface area (Å²) in [5, 5.41) is 5.24. The number of benzene rings is 2. The zero-order chi connectivity index (χ0) is 17.4. The van der Waals surface area contributed by atoms with E-state index in [0.717, 1.165) is 11.1 Å². The molecule has 5 nitrogen and oxygen atoms in total. The van der Waals surface area contributed by atoms with Gasteiger partial charge in [0.25, 0.3) is 0 Å². The Kier molecular flexibility index (Phi) is 6.08. The van der Waals surface area contributed by atoms with Gasteiger partial charge >= 0.3 is 12.0 Å². The lowest BCUT2D eigenvalue weighted by Crippen LogP contribution is -2.31. The van der Waals surface area contributed by atoms with Crippen molar-refractivity contribution in [2.45, 2.75) is 6.54 Å². The molecule has 2 amide bonds. The quantitative estimate of drug-likeness (QED) is 0.829. The van der Waals surface area contributed by atoms with E-state index in [1.54, 1.807) is 42.5 Å². The zero-order valence-electron chi connectivity index (χ0n) is 13.1. The molecule has 0 unspecified atom stereocenters. The molecule has 124 valence electrons. The van der Waals surface area contributed by atoms with Crippen molar-refractivity contribution in [2.75, 3.05) is 7.11 Å². The number of rotatable bonds is 5. The van der Waals surface area contributed by atoms with E-state index in [4.69, 9.17) is 0 Å². The first kappa shape index (κ1) is 17.2. The number of hydrogen-bond acceptors (Lipinski definition) is 3. The van der Waals surface area contributed by atoms with Gasteiger partial charge in [-0.3, -0.25) is 0 Å². The van der Waals surface area contributed by atoms with Gasteiger partial charge in [0.15, 0.2) is 0 Å². The smallest absolute Gasteiger partial charge is 0.337 e. The van der Waals surface area contributed by atoms with Crippen molar-refractivity contribution in [3.8, 4) is 0 Å². The third kappa shape index (κ3) is 5.24. The van der Waals surface area contributed by atoms with E-state index in [9.17, 15) is 14.0 Å². The number of carbonyl (C=O) groups is 2. The third-order valence-corrected chi connectivity index (χ3v) is 3.19. The highest BCUT2D eigenvalue weighted by atomic mass is 19.1. The van der Waals surface area contributed by atoms with Crippen LogP contribution in [-0.4, -0.2) is 19.1 Å². The molecular formula is C18H17FN2O3. The second-order valence-electron chi connectivity index (χ2n) is 4.90. The highest BCUT2D eigenvalue weighted by Gasteiger charge is 2.04. The maximum atomic E-state index is 12.8. The summed E-state index contributed by atoms with van der Waals surface area (Å²) < 4.78 is 17.4. The van der Waals surface area contributed by atoms with Crippen molar-refractivity contribution in [1.29, 1.82) is 0 Å². The number of ether oxygens (including phenoxy) is 1. The second kappa shape index (κ2) is 8.47. The Hall–Kier alpha value is -3.15. The van der Waals surface area contributed by atoms with Crippen molar-refractivity contribution in [1.82, 2.24) is 10.6 Å². The molecular weight excluding hydrogens is 311 g/mol. The van der Waals surface area contributed by atoms with E-state index < -0.39 is 5.97 Å². The minimum Gasteiger partial charge on any atom is -0.465 e. The lowest BCUT2D eigenvalue weighted by molar-refractivity contribution is 0.0600. The van der Waals surface area contributed by atoms with Gasteiger partial charge in [0.1, 0.15) is 5.82 Å². The van der Waals surface area contributed by atoms with Gasteiger partial charge in [0.2, 0.25) is 0 Å². The van der Waals surface area contributed by atoms with Crippen LogP contribution in [0.1, 0.15) is 21.5 Å². The monoisotopic (exact) mass is 328 g/mol. The summed E-state index contributed by atoms with van der Waals surface area (Å²) >= 11 is 0. The molecule has 0 aliphatic heterocycles. The molecule has 0 aliphatic carbocycles. The van der Waals surface area contributed by atoms with E-state index in [-0.39, 0.29) is 11.8 Å². The summed E-state index contributed by atoms with van der Waals surface area (Å²) in [4.78, 5) is 23.0. The maximum absolute atomic E-state index is 12.8. The number of esters is 1. The first-order chi connectivity index (χ1) is 11.6. The van der Waals surface area contributed by atoms with Crippen LogP contribution in [0.2, 0.25) is 0 Å². The predicted molar refractivity (Wildman–Crippen MR) is 88.6 cm³/mol. The molecule has 0 heterocycles. The molecule has 6 heteroatoms. The lowest BCUT2D eigenvalue weighted by atomic mass is 10.1. The molecule has 0 saturated heterocycles. The van der Waals surface area contributed by atoms with Crippen LogP contribution >= 0.6 is 0 Å². The van der Waals surface area contributed by atoms with Gasteiger partial charge in [0.05, 0.1) is 12.7 Å². The standard InChI is InChI=1S/C18H17FN2O3/c1-24-17(22)15-6-2-14(3-7-15)12-21-18(23)20-11-10-13-4-8-16(19)9-5-13/h2-11H,12H2,1H3,(H2,20,21,23)/b11-10+. The number of hydrogen-bond donors (Lipinski definition) is 2. The average Bonchev–Trinajstić information content (AvgIpc) is 2.61. The van der Waals surface area contributed by atoms with Crippen LogP contribution in [0.3, 0.4) is 0 Å². The van der Waals surface area contributed by atoms with Gasteiger partial charge in [-0.15, -0.1) is 0 Å². The van der Waals surface area contributed by atoms with Gasteiger partial charge in [-0.2, -0.15) is 0 Å². The highest BCUT2D eigenvalue weighted by molar-refractivity contribution is 5.89. The molecule has 0 aliphatic rings. The Morgan fingerprint density at radius 3 is 2.38 bits per heavy atom. The molecule has 0 radical (unpaired) electrons. The van der Waals surface area contributed by atoms with Crippen molar-refractivity contribution >= 4 is 18.1 Å². The van der Waals surface area contributed by atoms with Crippen LogP contribution in [0, 0.1) is 5.82 Å². The van der Waals surface area contributed by atoms with Gasteiger partial charge in [0, 0.05) is 12.7 Å². The summed E-state index contributed by atoms with van der Waals surface area (Å²) in [6.45, 7) is 0.317. The number of methoxy groups -OCH3 is 1. The Bertz CT molecular complexity index is 725. The van der Waals surface area contributed by atoms with Crippen LogP contribution in [0.5, 0.6) is 0 Å². The zero-order valence-corrected chi connectivity index (χ0v) is 13.1. The summed E-state index contributed by atoms with van der Waals surface area (Å²) in [7, 11) is 1.32. The van der Waals surface area contributed by atoms with E-state index in [1.807, 2.05) is 0 Å². The Morgan fingerprint density at radius 1 is 1.08 bits per heavy atom. The van der Waals surface area contributed by atoms with Crippen LogP contribution in [0.15, 0.2) is 54.7 Å². The van der Waals surface area contributed by atoms with Crippen molar-refractivity contribution in [3.05, 3.63) is 77.2 Å². The molecule has 2 rings (SSSR count). The van der Waals surface area contributed by atoms with Crippen LogP contribution in [0.25, 0.3) is 6.08 Å². The fraction of sp³-hybridized carbons (Fsp3) is 0.111. The summed E-state index contributed by atoms with van der Waals surface area (Å²) in [5.74, 6) is -0.714. The maximum Gasteiger partial charge on any atom is 0.337 e. The molecule has 24 heavy (non-hydrogen) atoms. The molecule has 2 aromatic carbocycles. The minimum atomic E-state index is -0.404. The Morgan fingerprint density at radius 2 is 1.75 bits per heavy atom. The Labute approximate surface area is 139 Å². The van der Waals surface area contributed by atoms with E-state index >= 15 is 0 Å². The average molecular weight is 328 g/mol. The minimum absolute atomic E-state index is 0.309. The normalized spacial score (nSPS) is 10.4. The van der Waals surface area contributed by atoms with E-state index in [0.29, 0.717) is 12.1 Å². The van der Waals surface area contributed by atoms with Crippen molar-refractivity contribution in [2.24, 2.45) is 0 Å². The first-order valence-corrected chi connectivity index (χ1v) is 7.22. The van der Waals surface area contributed by atoms with Crippen LogP contribution in [-0.2, 0) is 11.3 Å². The second-order valence-corrected chi connectivity index (χ2v) is 4.90. The molecule has 0 spiro atoms. The highest BCUT2D eigenvalue weighted by Crippen LogP contribution is 2.06. The van der Waals surface area contributed by atoms with Gasteiger partial charge in [-0.1, -0.05) is 24.3 Å². The molecule has 0 bridgehead atoms. The van der Waals surface area contributed by atoms with Gasteiger partial charge in [-0.25, -0.2) is 14.0 Å². The number of urea groups is 1. The summed E-state index contributed by atoms with van der Waals surface area (Å²) in [5.41, 5.74) is 2.07. The Balaban J connectivity index is 1.78. The largest absolute Gasteiger partial charge is 0.465 e. The SMILES string of the molecule is COC(=O)c1ccc(CNC(=O)N/C=C/c2ccc(F)cc2)cc1. The van der Waals surface area contributed by atoms with E-state index in [2.05, 4.69) is 15.4 Å². The molecule has 2 aromatic rings. The number of amides is 2. The van der Waals surface area contributed by atoms with Crippen LogP contribution < -0.4 is 10.6 Å². The molecule has 0 atom stereocenters. The van der Waals surface area contributed by atoms with Crippen LogP contribution in [0.4, 0.5) is 9.18 Å². The van der Waals surface area contributed by atoms with Crippen molar-refractivity contribution < 1.29 is 18.7 Å². The van der Waals surface area contributed by atoms with Gasteiger partial charge in [-0.05, 0) is 41.5 Å². The third-order valence-electron chi connectivity index (χ3n) is 3.19. The molecule has 0 saturated carbocycles. The summed E-state index contributed by atoms with van der Waals surface area (Å²) in [6.07, 6.45) is 3.13. The molecule has 0 aromatic heterocycles. The summed E-state index contributed by atoms with van der Waals surface area (Å²) in [6, 6.07) is 12.3. The lowest BCUT2D eigenvalue weighted by Gasteiger charge is -2.05. The topological polar surface area (TPSA) is 67.4 Å². The predicted octanol–water partition coefficient (Wildman–Crippen LogP) is 3.08.